The summed E-state index contributed by atoms with van der Waals surface area (Å²) < 4.78 is 37.3. The number of halogens is 3. The van der Waals surface area contributed by atoms with E-state index in [0.717, 1.165) is 17.8 Å². The Balaban J connectivity index is 3.01. The van der Waals surface area contributed by atoms with Gasteiger partial charge in [0.25, 0.3) is 0 Å². The smallest absolute Gasteiger partial charge is 0.367 e. The average Bonchev–Trinajstić information content (AvgIpc) is 2.15. The van der Waals surface area contributed by atoms with Crippen LogP contribution in [0.3, 0.4) is 0 Å². The SMILES string of the molecule is CC(C)N(c1ccc(C(F)(F)F)cc1)C(C)C. The van der Waals surface area contributed by atoms with E-state index in [1.54, 1.807) is 0 Å². The minimum atomic E-state index is -4.26. The topological polar surface area (TPSA) is 3.24 Å². The molecule has 0 aliphatic rings. The summed E-state index contributed by atoms with van der Waals surface area (Å²) in [5.74, 6) is 0. The van der Waals surface area contributed by atoms with Crippen molar-refractivity contribution >= 4 is 5.69 Å². The fraction of sp³-hybridized carbons (Fsp3) is 0.538. The molecule has 0 aliphatic heterocycles. The van der Waals surface area contributed by atoms with Crippen molar-refractivity contribution in [1.82, 2.24) is 0 Å². The molecule has 0 fully saturated rings. The van der Waals surface area contributed by atoms with Gasteiger partial charge in [-0.15, -0.1) is 0 Å². The van der Waals surface area contributed by atoms with E-state index in [0.29, 0.717) is 0 Å². The van der Waals surface area contributed by atoms with E-state index in [1.165, 1.54) is 12.1 Å². The summed E-state index contributed by atoms with van der Waals surface area (Å²) in [5, 5.41) is 0. The van der Waals surface area contributed by atoms with Crippen LogP contribution in [0.4, 0.5) is 18.9 Å². The number of hydrogen-bond donors (Lipinski definition) is 0. The predicted molar refractivity (Wildman–Crippen MR) is 64.2 cm³/mol. The molecule has 1 rings (SSSR count). The highest BCUT2D eigenvalue weighted by molar-refractivity contribution is 5.49. The maximum Gasteiger partial charge on any atom is 0.416 e. The first kappa shape index (κ1) is 13.9. The zero-order valence-electron chi connectivity index (χ0n) is 10.5. The zero-order chi connectivity index (χ0) is 13.2. The van der Waals surface area contributed by atoms with Gasteiger partial charge in [0.15, 0.2) is 0 Å². The standard InChI is InChI=1S/C13H18F3N/c1-9(2)17(10(3)4)12-7-5-11(6-8-12)13(14,15)16/h5-10H,1-4H3. The number of hydrogen-bond acceptors (Lipinski definition) is 1. The van der Waals surface area contributed by atoms with Gasteiger partial charge in [-0.1, -0.05) is 0 Å². The van der Waals surface area contributed by atoms with Gasteiger partial charge in [-0.05, 0) is 52.0 Å². The first-order valence-electron chi connectivity index (χ1n) is 5.69. The number of alkyl halides is 3. The molecule has 1 nitrogen and oxygen atoms in total. The van der Waals surface area contributed by atoms with Crippen LogP contribution in [0.5, 0.6) is 0 Å². The van der Waals surface area contributed by atoms with E-state index < -0.39 is 11.7 Å². The van der Waals surface area contributed by atoms with E-state index in [-0.39, 0.29) is 12.1 Å². The summed E-state index contributed by atoms with van der Waals surface area (Å²) in [6, 6.07) is 5.84. The summed E-state index contributed by atoms with van der Waals surface area (Å²) in [4.78, 5) is 2.08. The van der Waals surface area contributed by atoms with Gasteiger partial charge in [0.1, 0.15) is 0 Å². The van der Waals surface area contributed by atoms with E-state index >= 15 is 0 Å². The lowest BCUT2D eigenvalue weighted by Gasteiger charge is -2.33. The van der Waals surface area contributed by atoms with Crippen molar-refractivity contribution in [3.8, 4) is 0 Å². The Bertz CT molecular complexity index is 344. The minimum absolute atomic E-state index is 0.256. The molecule has 0 aromatic heterocycles. The van der Waals surface area contributed by atoms with Crippen LogP contribution in [-0.2, 0) is 6.18 Å². The van der Waals surface area contributed by atoms with Crippen molar-refractivity contribution in [2.75, 3.05) is 4.90 Å². The molecule has 96 valence electrons. The summed E-state index contributed by atoms with van der Waals surface area (Å²) >= 11 is 0. The highest BCUT2D eigenvalue weighted by Crippen LogP contribution is 2.31. The van der Waals surface area contributed by atoms with Crippen molar-refractivity contribution in [2.45, 2.75) is 46.0 Å². The second-order valence-corrected chi connectivity index (χ2v) is 4.64. The fourth-order valence-electron chi connectivity index (χ4n) is 2.02. The Morgan fingerprint density at radius 3 is 1.59 bits per heavy atom. The second-order valence-electron chi connectivity index (χ2n) is 4.64. The predicted octanol–water partition coefficient (Wildman–Crippen LogP) is 4.33. The van der Waals surface area contributed by atoms with Crippen LogP contribution < -0.4 is 4.90 Å². The zero-order valence-corrected chi connectivity index (χ0v) is 10.5. The molecule has 0 saturated heterocycles. The van der Waals surface area contributed by atoms with Gasteiger partial charge in [0.05, 0.1) is 5.56 Å². The summed E-state index contributed by atoms with van der Waals surface area (Å²) in [6.45, 7) is 8.10. The van der Waals surface area contributed by atoms with Crippen LogP contribution in [0.25, 0.3) is 0 Å². The van der Waals surface area contributed by atoms with E-state index in [1.807, 2.05) is 27.7 Å². The summed E-state index contributed by atoms with van der Waals surface area (Å²) in [7, 11) is 0. The molecule has 0 bridgehead atoms. The van der Waals surface area contributed by atoms with Crippen LogP contribution >= 0.6 is 0 Å². The normalized spacial score (nSPS) is 12.3. The molecule has 0 radical (unpaired) electrons. The summed E-state index contributed by atoms with van der Waals surface area (Å²) in [6.07, 6.45) is -4.26. The Kier molecular flexibility index (Phi) is 4.07. The lowest BCUT2D eigenvalue weighted by molar-refractivity contribution is -0.137. The van der Waals surface area contributed by atoms with Gasteiger partial charge in [-0.3, -0.25) is 0 Å². The molecule has 0 spiro atoms. The number of rotatable bonds is 3. The van der Waals surface area contributed by atoms with Crippen molar-refractivity contribution in [1.29, 1.82) is 0 Å². The Labute approximate surface area is 100 Å². The molecule has 0 N–H and O–H groups in total. The largest absolute Gasteiger partial charge is 0.416 e. The highest BCUT2D eigenvalue weighted by Gasteiger charge is 2.30. The Morgan fingerprint density at radius 1 is 0.882 bits per heavy atom. The van der Waals surface area contributed by atoms with Crippen molar-refractivity contribution in [2.24, 2.45) is 0 Å². The van der Waals surface area contributed by atoms with E-state index in [4.69, 9.17) is 0 Å². The third-order valence-corrected chi connectivity index (χ3v) is 2.61. The lowest BCUT2D eigenvalue weighted by atomic mass is 10.1. The highest BCUT2D eigenvalue weighted by atomic mass is 19.4. The van der Waals surface area contributed by atoms with Gasteiger partial charge in [-0.2, -0.15) is 13.2 Å². The monoisotopic (exact) mass is 245 g/mol. The number of nitrogens with zero attached hydrogens (tertiary/aromatic N) is 1. The van der Waals surface area contributed by atoms with E-state index in [2.05, 4.69) is 4.90 Å². The first-order chi connectivity index (χ1) is 7.73. The van der Waals surface area contributed by atoms with Crippen LogP contribution in [0.2, 0.25) is 0 Å². The molecule has 0 unspecified atom stereocenters. The van der Waals surface area contributed by atoms with Crippen molar-refractivity contribution in [3.05, 3.63) is 29.8 Å². The van der Waals surface area contributed by atoms with Gasteiger partial charge >= 0.3 is 6.18 Å². The van der Waals surface area contributed by atoms with Crippen molar-refractivity contribution in [3.63, 3.8) is 0 Å². The third kappa shape index (κ3) is 3.38. The van der Waals surface area contributed by atoms with E-state index in [9.17, 15) is 13.2 Å². The molecule has 4 heteroatoms. The minimum Gasteiger partial charge on any atom is -0.367 e. The maximum absolute atomic E-state index is 12.4. The summed E-state index contributed by atoms with van der Waals surface area (Å²) in [5.41, 5.74) is 0.219. The Hall–Kier alpha value is -1.19. The first-order valence-corrected chi connectivity index (χ1v) is 5.69. The quantitative estimate of drug-likeness (QED) is 0.766. The van der Waals surface area contributed by atoms with Crippen LogP contribution in [0.15, 0.2) is 24.3 Å². The fourth-order valence-corrected chi connectivity index (χ4v) is 2.02. The third-order valence-electron chi connectivity index (χ3n) is 2.61. The van der Waals surface area contributed by atoms with Gasteiger partial charge in [0.2, 0.25) is 0 Å². The number of anilines is 1. The molecule has 17 heavy (non-hydrogen) atoms. The number of benzene rings is 1. The molecule has 0 aliphatic carbocycles. The lowest BCUT2D eigenvalue weighted by Crippen LogP contribution is -2.36. The molecule has 0 atom stereocenters. The second kappa shape index (κ2) is 4.98. The average molecular weight is 245 g/mol. The molecule has 1 aromatic rings. The van der Waals surface area contributed by atoms with Crippen LogP contribution in [0.1, 0.15) is 33.3 Å². The van der Waals surface area contributed by atoms with Gasteiger partial charge < -0.3 is 4.90 Å². The maximum atomic E-state index is 12.4. The molecule has 0 amide bonds. The molecular weight excluding hydrogens is 227 g/mol. The molecule has 0 saturated carbocycles. The molecule has 0 heterocycles. The van der Waals surface area contributed by atoms with Crippen LogP contribution in [0, 0.1) is 0 Å². The van der Waals surface area contributed by atoms with Gasteiger partial charge in [0, 0.05) is 17.8 Å². The van der Waals surface area contributed by atoms with Crippen LogP contribution in [-0.4, -0.2) is 12.1 Å². The Morgan fingerprint density at radius 2 is 1.29 bits per heavy atom. The van der Waals surface area contributed by atoms with Crippen molar-refractivity contribution < 1.29 is 13.2 Å². The van der Waals surface area contributed by atoms with Gasteiger partial charge in [-0.25, -0.2) is 0 Å². The molecular formula is C13H18F3N. The molecule has 1 aromatic carbocycles.